The molecule has 45 heavy (non-hydrogen) atoms. The zero-order chi connectivity index (χ0) is 36.4. The van der Waals surface area contributed by atoms with Gasteiger partial charge in [0, 0.05) is 43.7 Å². The number of rotatable bonds is 3. The first-order chi connectivity index (χ1) is 25.6. The average Bonchev–Trinajstić information content (AvgIpc) is 3.87. The van der Waals surface area contributed by atoms with Gasteiger partial charge in [-0.1, -0.05) is 78.7 Å². The number of para-hydroxylation sites is 4. The van der Waals surface area contributed by atoms with Crippen molar-refractivity contribution in [1.29, 1.82) is 0 Å². The van der Waals surface area contributed by atoms with Crippen molar-refractivity contribution in [2.75, 3.05) is 0 Å². The summed E-state index contributed by atoms with van der Waals surface area (Å²) in [5.74, 6) is 0.369. The molecule has 0 aliphatic carbocycles. The van der Waals surface area contributed by atoms with E-state index < -0.39 is 24.2 Å². The fraction of sp³-hybridized carbons (Fsp3) is 0. The third-order valence-corrected chi connectivity index (χ3v) is 8.31. The summed E-state index contributed by atoms with van der Waals surface area (Å²) in [6, 6.07) is 25.1. The summed E-state index contributed by atoms with van der Waals surface area (Å²) in [4.78, 5) is 9.93. The minimum Gasteiger partial charge on any atom is -0.456 e. The van der Waals surface area contributed by atoms with E-state index in [1.165, 1.54) is 4.57 Å². The summed E-state index contributed by atoms with van der Waals surface area (Å²) in [5, 5.41) is 3.67. The van der Waals surface area contributed by atoms with Crippen LogP contribution in [0.25, 0.3) is 94.1 Å². The van der Waals surface area contributed by atoms with Crippen LogP contribution in [-0.2, 0) is 0 Å². The highest BCUT2D eigenvalue weighted by molar-refractivity contribution is 6.12. The molecule has 0 amide bonds. The molecule has 6 aromatic carbocycles. The lowest BCUT2D eigenvalue weighted by Gasteiger charge is -2.10. The minimum atomic E-state index is -0.488. The predicted octanol–water partition coefficient (Wildman–Crippen LogP) is 10.7. The predicted molar refractivity (Wildman–Crippen MR) is 182 cm³/mol. The molecule has 0 aliphatic heterocycles. The first-order valence-electron chi connectivity index (χ1n) is 18.3. The Hall–Kier alpha value is -6.20. The van der Waals surface area contributed by atoms with E-state index in [2.05, 4.69) is 0 Å². The van der Waals surface area contributed by atoms with Crippen LogP contribution >= 0.6 is 0 Å². The van der Waals surface area contributed by atoms with Crippen molar-refractivity contribution >= 4 is 65.8 Å². The van der Waals surface area contributed by atoms with Gasteiger partial charge >= 0.3 is 0 Å². The first-order valence-corrected chi connectivity index (χ1v) is 14.3. The second-order valence-corrected chi connectivity index (χ2v) is 10.8. The molecular weight excluding hydrogens is 554 g/mol. The van der Waals surface area contributed by atoms with E-state index >= 15 is 0 Å². The zero-order valence-corrected chi connectivity index (χ0v) is 23.3. The SMILES string of the molecule is [2H]c1c([2H])c([2H])c2c(c1[2H])c1c([2H])c([2H])c([2H])c([2H])c1n2-c1ccc(-c2nc(-c3ccc4c(c3)oc3ccccc34)c3c(n2)oc2ccccc23)cc1. The van der Waals surface area contributed by atoms with Gasteiger partial charge in [-0.25, -0.2) is 4.98 Å². The van der Waals surface area contributed by atoms with Crippen LogP contribution in [-0.4, -0.2) is 14.5 Å². The lowest BCUT2D eigenvalue weighted by molar-refractivity contribution is 0.653. The van der Waals surface area contributed by atoms with Gasteiger partial charge in [-0.05, 0) is 60.6 Å². The molecule has 0 saturated carbocycles. The van der Waals surface area contributed by atoms with Crippen molar-refractivity contribution in [2.45, 2.75) is 0 Å². The van der Waals surface area contributed by atoms with Crippen LogP contribution in [0.15, 0.2) is 148 Å². The molecule has 0 fully saturated rings. The smallest absolute Gasteiger partial charge is 0.231 e. The van der Waals surface area contributed by atoms with Crippen LogP contribution in [0.4, 0.5) is 0 Å². The van der Waals surface area contributed by atoms with Gasteiger partial charge in [0.25, 0.3) is 0 Å². The molecule has 5 heteroatoms. The molecule has 0 aliphatic rings. The molecule has 5 nitrogen and oxygen atoms in total. The third-order valence-electron chi connectivity index (χ3n) is 8.31. The van der Waals surface area contributed by atoms with Crippen molar-refractivity contribution < 1.29 is 19.8 Å². The second kappa shape index (κ2) is 9.15. The number of hydrogen-bond donors (Lipinski definition) is 0. The molecule has 4 heterocycles. The summed E-state index contributed by atoms with van der Waals surface area (Å²) in [5.41, 5.74) is 5.16. The number of hydrogen-bond acceptors (Lipinski definition) is 4. The molecule has 0 N–H and O–H groups in total. The summed E-state index contributed by atoms with van der Waals surface area (Å²) in [6.07, 6.45) is 0. The van der Waals surface area contributed by atoms with E-state index in [0.29, 0.717) is 34.1 Å². The standard InChI is InChI=1S/C40H23N3O2/c1-5-13-32-27(9-1)28-10-2-6-14-33(28)43(32)26-20-17-24(18-21-26)39-41-38(37-31-12-4-8-16-35(31)45-40(37)42-39)25-19-22-30-29-11-3-7-15-34(29)44-36(30)23-25/h1-23H/i1D,2D,5D,6D,9D,10D,13D,14D. The van der Waals surface area contributed by atoms with Crippen molar-refractivity contribution in [1.82, 2.24) is 14.5 Å². The monoisotopic (exact) mass is 585 g/mol. The molecule has 0 saturated heterocycles. The zero-order valence-electron chi connectivity index (χ0n) is 31.3. The minimum absolute atomic E-state index is 0.0202. The van der Waals surface area contributed by atoms with E-state index in [-0.39, 0.29) is 46.0 Å². The van der Waals surface area contributed by atoms with E-state index in [1.807, 2.05) is 66.7 Å². The van der Waals surface area contributed by atoms with Crippen molar-refractivity contribution in [3.8, 4) is 28.3 Å². The molecule has 4 aromatic heterocycles. The van der Waals surface area contributed by atoms with Gasteiger partial charge in [0.05, 0.1) is 33.1 Å². The lowest BCUT2D eigenvalue weighted by atomic mass is 10.0. The van der Waals surface area contributed by atoms with E-state index in [4.69, 9.17) is 29.8 Å². The first kappa shape index (κ1) is 17.8. The highest BCUT2D eigenvalue weighted by Gasteiger charge is 2.20. The van der Waals surface area contributed by atoms with Crippen molar-refractivity contribution in [3.63, 3.8) is 0 Å². The van der Waals surface area contributed by atoms with Crippen LogP contribution in [0.1, 0.15) is 11.0 Å². The fourth-order valence-corrected chi connectivity index (χ4v) is 6.27. The van der Waals surface area contributed by atoms with Gasteiger partial charge in [-0.15, -0.1) is 0 Å². The maximum atomic E-state index is 8.82. The molecule has 10 rings (SSSR count). The van der Waals surface area contributed by atoms with Crippen molar-refractivity contribution in [3.05, 3.63) is 139 Å². The summed E-state index contributed by atoms with van der Waals surface area (Å²) < 4.78 is 82.4. The summed E-state index contributed by atoms with van der Waals surface area (Å²) in [7, 11) is 0. The highest BCUT2D eigenvalue weighted by Crippen LogP contribution is 2.39. The Balaban J connectivity index is 1.19. The highest BCUT2D eigenvalue weighted by atomic mass is 16.3. The Kier molecular flexibility index (Phi) is 3.62. The Bertz CT molecular complexity index is 3140. The molecule has 0 radical (unpaired) electrons. The summed E-state index contributed by atoms with van der Waals surface area (Å²) in [6.45, 7) is 0. The molecule has 0 spiro atoms. The van der Waals surface area contributed by atoms with Crippen molar-refractivity contribution in [2.24, 2.45) is 0 Å². The van der Waals surface area contributed by atoms with Gasteiger partial charge < -0.3 is 13.4 Å². The number of fused-ring (bicyclic) bond motifs is 9. The van der Waals surface area contributed by atoms with E-state index in [0.717, 1.165) is 38.3 Å². The molecule has 0 bridgehead atoms. The number of furan rings is 2. The lowest BCUT2D eigenvalue weighted by Crippen LogP contribution is -1.96. The maximum absolute atomic E-state index is 8.82. The van der Waals surface area contributed by atoms with Gasteiger partial charge in [0.1, 0.15) is 16.7 Å². The van der Waals surface area contributed by atoms with Gasteiger partial charge in [0.2, 0.25) is 5.71 Å². The Labute approximate surface area is 267 Å². The Morgan fingerprint density at radius 1 is 0.533 bits per heavy atom. The Morgan fingerprint density at radius 2 is 1.16 bits per heavy atom. The van der Waals surface area contributed by atoms with Crippen LogP contribution in [0, 0.1) is 0 Å². The third kappa shape index (κ3) is 3.55. The van der Waals surface area contributed by atoms with Gasteiger partial charge in [-0.2, -0.15) is 4.98 Å². The van der Waals surface area contributed by atoms with Gasteiger partial charge in [0.15, 0.2) is 5.82 Å². The average molecular weight is 586 g/mol. The van der Waals surface area contributed by atoms with Crippen LogP contribution in [0.5, 0.6) is 0 Å². The maximum Gasteiger partial charge on any atom is 0.231 e. The topological polar surface area (TPSA) is 57.0 Å². The molecular formula is C40H23N3O2. The van der Waals surface area contributed by atoms with Crippen LogP contribution in [0.2, 0.25) is 0 Å². The fourth-order valence-electron chi connectivity index (χ4n) is 6.27. The molecule has 10 aromatic rings. The second-order valence-electron chi connectivity index (χ2n) is 10.8. The molecule has 210 valence electrons. The van der Waals surface area contributed by atoms with Gasteiger partial charge in [-0.3, -0.25) is 0 Å². The largest absolute Gasteiger partial charge is 0.456 e. The van der Waals surface area contributed by atoms with Crippen LogP contribution < -0.4 is 0 Å². The summed E-state index contributed by atoms with van der Waals surface area (Å²) >= 11 is 0. The van der Waals surface area contributed by atoms with E-state index in [9.17, 15) is 0 Å². The Morgan fingerprint density at radius 3 is 1.91 bits per heavy atom. The number of benzene rings is 6. The quantitative estimate of drug-likeness (QED) is 0.207. The molecule has 0 atom stereocenters. The van der Waals surface area contributed by atoms with E-state index in [1.54, 1.807) is 24.3 Å². The number of aromatic nitrogens is 3. The van der Waals surface area contributed by atoms with Crippen LogP contribution in [0.3, 0.4) is 0 Å². The molecule has 0 unspecified atom stereocenters. The number of nitrogens with zero attached hydrogens (tertiary/aromatic N) is 3. The normalized spacial score (nSPS) is 14.5.